The van der Waals surface area contributed by atoms with Crippen LogP contribution in [0.4, 0.5) is 5.69 Å². The summed E-state index contributed by atoms with van der Waals surface area (Å²) in [5, 5.41) is 10.9. The van der Waals surface area contributed by atoms with E-state index >= 15 is 0 Å². The van der Waals surface area contributed by atoms with Crippen molar-refractivity contribution in [2.75, 3.05) is 0 Å². The fraction of sp³-hybridized carbons (Fsp3) is 0.417. The Labute approximate surface area is 122 Å². The van der Waals surface area contributed by atoms with Crippen LogP contribution in [0.1, 0.15) is 20.3 Å². The van der Waals surface area contributed by atoms with Crippen molar-refractivity contribution >= 4 is 21.6 Å². The molecule has 21 heavy (non-hydrogen) atoms. The molecule has 0 fully saturated rings. The molecule has 0 radical (unpaired) electrons. The fourth-order valence-electron chi connectivity index (χ4n) is 1.78. The zero-order valence-electron chi connectivity index (χ0n) is 11.6. The van der Waals surface area contributed by atoms with Crippen LogP contribution in [0.15, 0.2) is 29.2 Å². The minimum absolute atomic E-state index is 0.0240. The van der Waals surface area contributed by atoms with Gasteiger partial charge in [0, 0.05) is 6.07 Å². The number of hydrogen-bond donors (Lipinski definition) is 2. The van der Waals surface area contributed by atoms with Crippen LogP contribution < -0.4 is 10.5 Å². The third-order valence-corrected chi connectivity index (χ3v) is 4.22. The van der Waals surface area contributed by atoms with E-state index in [9.17, 15) is 23.3 Å². The standard InChI is InChI=1S/C12H17N3O5S/c1-8(2)7-9(12(13)16)14-21(19,20)11-6-4-3-5-10(11)15(17)18/h3-6,8-9,14H,7H2,1-2H3,(H2,13,16)/t9-/m0/s1. The smallest absolute Gasteiger partial charge is 0.289 e. The van der Waals surface area contributed by atoms with Gasteiger partial charge in [-0.1, -0.05) is 26.0 Å². The van der Waals surface area contributed by atoms with Crippen molar-refractivity contribution < 1.29 is 18.1 Å². The van der Waals surface area contributed by atoms with E-state index in [1.54, 1.807) is 13.8 Å². The molecule has 1 aromatic carbocycles. The first-order chi connectivity index (χ1) is 9.65. The zero-order valence-corrected chi connectivity index (χ0v) is 12.5. The first-order valence-electron chi connectivity index (χ1n) is 6.20. The highest BCUT2D eigenvalue weighted by atomic mass is 32.2. The first kappa shape index (κ1) is 17.1. The number of nitro groups is 1. The lowest BCUT2D eigenvalue weighted by Gasteiger charge is -2.17. The van der Waals surface area contributed by atoms with E-state index in [0.29, 0.717) is 0 Å². The lowest BCUT2D eigenvalue weighted by Crippen LogP contribution is -2.45. The average molecular weight is 315 g/mol. The molecule has 1 rings (SSSR count). The largest absolute Gasteiger partial charge is 0.368 e. The van der Waals surface area contributed by atoms with E-state index in [4.69, 9.17) is 5.73 Å². The monoisotopic (exact) mass is 315 g/mol. The zero-order chi connectivity index (χ0) is 16.2. The molecule has 1 amide bonds. The lowest BCUT2D eigenvalue weighted by atomic mass is 10.0. The number of nitrogens with two attached hydrogens (primary N) is 1. The van der Waals surface area contributed by atoms with Gasteiger partial charge in [-0.05, 0) is 18.4 Å². The normalized spacial score (nSPS) is 13.1. The Bertz CT molecular complexity index is 642. The van der Waals surface area contributed by atoms with Gasteiger partial charge < -0.3 is 5.73 Å². The maximum atomic E-state index is 12.2. The third-order valence-electron chi connectivity index (χ3n) is 2.70. The summed E-state index contributed by atoms with van der Waals surface area (Å²) in [6.07, 6.45) is 0.204. The molecule has 0 heterocycles. The molecule has 0 unspecified atom stereocenters. The van der Waals surface area contributed by atoms with Gasteiger partial charge in [0.2, 0.25) is 15.9 Å². The quantitative estimate of drug-likeness (QED) is 0.566. The molecule has 0 bridgehead atoms. The highest BCUT2D eigenvalue weighted by Crippen LogP contribution is 2.23. The van der Waals surface area contributed by atoms with Gasteiger partial charge in [0.05, 0.1) is 4.92 Å². The molecular weight excluding hydrogens is 298 g/mol. The van der Waals surface area contributed by atoms with Crippen LogP contribution in [0.3, 0.4) is 0 Å². The summed E-state index contributed by atoms with van der Waals surface area (Å²) in [4.78, 5) is 20.9. The van der Waals surface area contributed by atoms with Gasteiger partial charge >= 0.3 is 0 Å². The second-order valence-electron chi connectivity index (χ2n) is 4.93. The van der Waals surface area contributed by atoms with E-state index < -0.39 is 37.5 Å². The number of hydrogen-bond acceptors (Lipinski definition) is 5. The Morgan fingerprint density at radius 3 is 2.43 bits per heavy atom. The number of para-hydroxylation sites is 1. The maximum absolute atomic E-state index is 12.2. The predicted octanol–water partition coefficient (Wildman–Crippen LogP) is 0.773. The van der Waals surface area contributed by atoms with Crippen LogP contribution in [0.2, 0.25) is 0 Å². The predicted molar refractivity (Wildman–Crippen MR) is 75.9 cm³/mol. The Balaban J connectivity index is 3.17. The van der Waals surface area contributed by atoms with E-state index in [1.807, 2.05) is 0 Å². The van der Waals surface area contributed by atoms with Gasteiger partial charge in [0.15, 0.2) is 4.90 Å². The molecule has 3 N–H and O–H groups in total. The molecule has 0 saturated carbocycles. The molecule has 0 aromatic heterocycles. The van der Waals surface area contributed by atoms with Gasteiger partial charge in [-0.15, -0.1) is 0 Å². The van der Waals surface area contributed by atoms with Gasteiger partial charge in [-0.25, -0.2) is 8.42 Å². The Kier molecular flexibility index (Phi) is 5.39. The summed E-state index contributed by atoms with van der Waals surface area (Å²) in [5.74, 6) is -0.804. The molecule has 1 aromatic rings. The van der Waals surface area contributed by atoms with Crippen molar-refractivity contribution in [3.8, 4) is 0 Å². The lowest BCUT2D eigenvalue weighted by molar-refractivity contribution is -0.387. The number of primary amides is 1. The van der Waals surface area contributed by atoms with E-state index in [-0.39, 0.29) is 12.3 Å². The summed E-state index contributed by atoms with van der Waals surface area (Å²) in [6, 6.07) is 3.79. The summed E-state index contributed by atoms with van der Waals surface area (Å²) in [7, 11) is -4.22. The van der Waals surface area contributed by atoms with E-state index in [1.165, 1.54) is 12.1 Å². The van der Waals surface area contributed by atoms with Gasteiger partial charge in [-0.3, -0.25) is 14.9 Å². The van der Waals surface area contributed by atoms with Gasteiger partial charge in [0.25, 0.3) is 5.69 Å². The minimum atomic E-state index is -4.22. The van der Waals surface area contributed by atoms with Crippen molar-refractivity contribution in [1.82, 2.24) is 4.72 Å². The molecule has 0 aliphatic heterocycles. The number of nitro benzene ring substituents is 1. The highest BCUT2D eigenvalue weighted by molar-refractivity contribution is 7.89. The van der Waals surface area contributed by atoms with Crippen molar-refractivity contribution in [3.63, 3.8) is 0 Å². The Hall–Kier alpha value is -2.00. The van der Waals surface area contributed by atoms with E-state index in [2.05, 4.69) is 4.72 Å². The number of nitrogens with zero attached hydrogens (tertiary/aromatic N) is 1. The van der Waals surface area contributed by atoms with Gasteiger partial charge in [0.1, 0.15) is 6.04 Å². The van der Waals surface area contributed by atoms with Gasteiger partial charge in [-0.2, -0.15) is 4.72 Å². The number of amides is 1. The number of sulfonamides is 1. The van der Waals surface area contributed by atoms with Crippen molar-refractivity contribution in [3.05, 3.63) is 34.4 Å². The molecule has 9 heteroatoms. The summed E-state index contributed by atoms with van der Waals surface area (Å²) in [5.41, 5.74) is 4.61. The SMILES string of the molecule is CC(C)C[C@H](NS(=O)(=O)c1ccccc1[N+](=O)[O-])C(N)=O. The molecule has 0 aliphatic carbocycles. The average Bonchev–Trinajstić information content (AvgIpc) is 2.37. The second-order valence-corrected chi connectivity index (χ2v) is 6.61. The fourth-order valence-corrected chi connectivity index (χ4v) is 3.17. The molecule has 8 nitrogen and oxygen atoms in total. The number of carbonyl (C=O) groups is 1. The maximum Gasteiger partial charge on any atom is 0.289 e. The van der Waals surface area contributed by atoms with Crippen LogP contribution in [-0.4, -0.2) is 25.3 Å². The number of rotatable bonds is 7. The highest BCUT2D eigenvalue weighted by Gasteiger charge is 2.29. The van der Waals surface area contributed by atoms with Crippen LogP contribution in [0.25, 0.3) is 0 Å². The minimum Gasteiger partial charge on any atom is -0.368 e. The van der Waals surface area contributed by atoms with Crippen LogP contribution in [0, 0.1) is 16.0 Å². The number of nitrogens with one attached hydrogen (secondary N) is 1. The molecule has 0 spiro atoms. The van der Waals surface area contributed by atoms with Crippen LogP contribution in [0.5, 0.6) is 0 Å². The molecule has 0 saturated heterocycles. The molecular formula is C12H17N3O5S. The Morgan fingerprint density at radius 1 is 1.38 bits per heavy atom. The van der Waals surface area contributed by atoms with E-state index in [0.717, 1.165) is 12.1 Å². The number of benzene rings is 1. The van der Waals surface area contributed by atoms with Crippen molar-refractivity contribution in [2.45, 2.75) is 31.2 Å². The molecule has 1 atom stereocenters. The number of carbonyl (C=O) groups excluding carboxylic acids is 1. The van der Waals surface area contributed by atoms with Crippen molar-refractivity contribution in [2.24, 2.45) is 11.7 Å². The molecule has 116 valence electrons. The topological polar surface area (TPSA) is 132 Å². The summed E-state index contributed by atoms with van der Waals surface area (Å²) in [6.45, 7) is 3.60. The first-order valence-corrected chi connectivity index (χ1v) is 7.68. The second kappa shape index (κ2) is 6.64. The van der Waals surface area contributed by atoms with Crippen molar-refractivity contribution in [1.29, 1.82) is 0 Å². The summed E-state index contributed by atoms with van der Waals surface area (Å²) < 4.78 is 26.6. The third kappa shape index (κ3) is 4.50. The van der Waals surface area contributed by atoms with Crippen LogP contribution in [-0.2, 0) is 14.8 Å². The molecule has 0 aliphatic rings. The summed E-state index contributed by atoms with van der Waals surface area (Å²) >= 11 is 0. The Morgan fingerprint density at radius 2 is 1.95 bits per heavy atom. The van der Waals surface area contributed by atoms with Crippen LogP contribution >= 0.6 is 0 Å².